The molecule has 5 rings (SSSR count). The quantitative estimate of drug-likeness (QED) is 0.256. The van der Waals surface area contributed by atoms with E-state index in [4.69, 9.17) is 18.6 Å². The minimum absolute atomic E-state index is 0.135. The number of phenolic OH excluding ortho intramolecular Hbond substituents is 1. The molecule has 5 unspecified atom stereocenters. The first-order valence-electron chi connectivity index (χ1n) is 11.1. The topological polar surface area (TPSA) is 139 Å². The van der Waals surface area contributed by atoms with Crippen molar-refractivity contribution in [2.24, 2.45) is 0 Å². The van der Waals surface area contributed by atoms with Gasteiger partial charge in [-0.1, -0.05) is 6.07 Å². The van der Waals surface area contributed by atoms with Gasteiger partial charge in [0.15, 0.2) is 0 Å². The van der Waals surface area contributed by atoms with Gasteiger partial charge in [-0.2, -0.15) is 0 Å². The maximum atomic E-state index is 13.1. The molecule has 1 fully saturated rings. The van der Waals surface area contributed by atoms with Crippen molar-refractivity contribution in [2.75, 3.05) is 14.2 Å². The maximum Gasteiger partial charge on any atom is 0.344 e. The summed E-state index contributed by atoms with van der Waals surface area (Å²) in [7, 11) is 2.95. The van der Waals surface area contributed by atoms with E-state index in [-0.39, 0.29) is 22.1 Å². The summed E-state index contributed by atoms with van der Waals surface area (Å²) >= 11 is 0. The number of aliphatic hydroxyl groups is 3. The van der Waals surface area contributed by atoms with Gasteiger partial charge in [0, 0.05) is 16.2 Å². The third kappa shape index (κ3) is 3.42. The van der Waals surface area contributed by atoms with E-state index in [1.165, 1.54) is 26.4 Å². The van der Waals surface area contributed by atoms with Crippen LogP contribution in [0.1, 0.15) is 24.2 Å². The highest BCUT2D eigenvalue weighted by atomic mass is 16.5. The van der Waals surface area contributed by atoms with Crippen molar-refractivity contribution in [2.45, 2.75) is 44.4 Å². The molecule has 9 nitrogen and oxygen atoms in total. The van der Waals surface area contributed by atoms with E-state index >= 15 is 0 Å². The molecule has 0 spiro atoms. The van der Waals surface area contributed by atoms with Crippen LogP contribution >= 0.6 is 0 Å². The van der Waals surface area contributed by atoms with Crippen LogP contribution < -0.4 is 15.1 Å². The van der Waals surface area contributed by atoms with Crippen LogP contribution in [0.3, 0.4) is 0 Å². The van der Waals surface area contributed by atoms with Crippen LogP contribution in [-0.4, -0.2) is 59.1 Å². The van der Waals surface area contributed by atoms with Gasteiger partial charge in [-0.3, -0.25) is 0 Å². The number of rotatable bonds is 3. The molecular formula is C26H26O9. The number of aliphatic hydroxyl groups excluding tert-OH is 3. The highest BCUT2D eigenvalue weighted by molar-refractivity contribution is 6.19. The monoisotopic (exact) mass is 482 g/mol. The molecule has 9 heteroatoms. The molecular weight excluding hydrogens is 456 g/mol. The molecule has 0 amide bonds. The van der Waals surface area contributed by atoms with E-state index in [2.05, 4.69) is 0 Å². The standard InChI is InChI=1S/C26H26O9/c1-10-7-14-18(16(8-10)32-3)13-9-17(33-4)20-15(27)6-5-12(19(20)24(13)35-26(14)31)25-23(30)22(29)21(28)11(2)34-25/h5-9,11,21-23,25,27-30H,1-4H3. The fourth-order valence-corrected chi connectivity index (χ4v) is 5.00. The average molecular weight is 482 g/mol. The number of methoxy groups -OCH3 is 2. The van der Waals surface area contributed by atoms with E-state index in [0.29, 0.717) is 33.2 Å². The highest BCUT2D eigenvalue weighted by Gasteiger charge is 2.43. The van der Waals surface area contributed by atoms with Gasteiger partial charge in [-0.15, -0.1) is 0 Å². The Balaban J connectivity index is 1.97. The normalized spacial score (nSPS) is 24.8. The van der Waals surface area contributed by atoms with Crippen LogP contribution in [0.4, 0.5) is 0 Å². The molecule has 1 aliphatic rings. The van der Waals surface area contributed by atoms with Crippen molar-refractivity contribution in [3.05, 3.63) is 51.9 Å². The molecule has 0 saturated carbocycles. The van der Waals surface area contributed by atoms with E-state index in [9.17, 15) is 25.2 Å². The Hall–Kier alpha value is -3.37. The van der Waals surface area contributed by atoms with Crippen LogP contribution in [0.25, 0.3) is 32.5 Å². The van der Waals surface area contributed by atoms with Gasteiger partial charge in [0.1, 0.15) is 47.2 Å². The molecule has 4 N–H and O–H groups in total. The second-order valence-corrected chi connectivity index (χ2v) is 8.89. The Morgan fingerprint density at radius 3 is 2.23 bits per heavy atom. The molecule has 1 aliphatic heterocycles. The van der Waals surface area contributed by atoms with E-state index in [0.717, 1.165) is 5.56 Å². The lowest BCUT2D eigenvalue weighted by molar-refractivity contribution is -0.219. The van der Waals surface area contributed by atoms with Gasteiger partial charge in [-0.25, -0.2) is 4.79 Å². The zero-order chi connectivity index (χ0) is 25.2. The zero-order valence-electron chi connectivity index (χ0n) is 19.6. The second kappa shape index (κ2) is 8.39. The molecule has 0 bridgehead atoms. The van der Waals surface area contributed by atoms with Crippen molar-refractivity contribution in [1.82, 2.24) is 0 Å². The Morgan fingerprint density at radius 1 is 0.857 bits per heavy atom. The first-order valence-corrected chi connectivity index (χ1v) is 11.1. The number of ether oxygens (including phenoxy) is 3. The van der Waals surface area contributed by atoms with E-state index in [1.807, 2.05) is 6.92 Å². The van der Waals surface area contributed by atoms with Gasteiger partial charge in [-0.05, 0) is 49.2 Å². The first kappa shape index (κ1) is 23.4. The molecule has 5 atom stereocenters. The average Bonchev–Trinajstić information content (AvgIpc) is 2.84. The van der Waals surface area contributed by atoms with Crippen LogP contribution in [0.15, 0.2) is 39.5 Å². The van der Waals surface area contributed by atoms with Gasteiger partial charge >= 0.3 is 5.63 Å². The lowest BCUT2D eigenvalue weighted by Gasteiger charge is -2.40. The van der Waals surface area contributed by atoms with Crippen LogP contribution in [-0.2, 0) is 4.74 Å². The number of benzene rings is 3. The number of aryl methyl sites for hydroxylation is 1. The summed E-state index contributed by atoms with van der Waals surface area (Å²) in [6.45, 7) is 3.42. The van der Waals surface area contributed by atoms with Crippen LogP contribution in [0.5, 0.6) is 17.2 Å². The lowest BCUT2D eigenvalue weighted by atomic mass is 9.88. The maximum absolute atomic E-state index is 13.1. The third-order valence-electron chi connectivity index (χ3n) is 6.74. The predicted octanol–water partition coefficient (Wildman–Crippen LogP) is 2.67. The summed E-state index contributed by atoms with van der Waals surface area (Å²) in [6, 6.07) is 8.10. The van der Waals surface area contributed by atoms with Gasteiger partial charge in [0.2, 0.25) is 0 Å². The minimum Gasteiger partial charge on any atom is -0.507 e. The minimum atomic E-state index is -1.49. The zero-order valence-corrected chi connectivity index (χ0v) is 19.6. The predicted molar refractivity (Wildman–Crippen MR) is 128 cm³/mol. The number of aromatic hydroxyl groups is 1. The molecule has 35 heavy (non-hydrogen) atoms. The summed E-state index contributed by atoms with van der Waals surface area (Å²) in [5.74, 6) is 0.616. The van der Waals surface area contributed by atoms with Crippen LogP contribution in [0, 0.1) is 6.92 Å². The van der Waals surface area contributed by atoms with Crippen LogP contribution in [0.2, 0.25) is 0 Å². The largest absolute Gasteiger partial charge is 0.507 e. The number of hydrogen-bond acceptors (Lipinski definition) is 9. The molecule has 1 saturated heterocycles. The fourth-order valence-electron chi connectivity index (χ4n) is 5.00. The molecule has 4 aromatic rings. The van der Waals surface area contributed by atoms with Crippen molar-refractivity contribution >= 4 is 32.5 Å². The van der Waals surface area contributed by atoms with Crippen molar-refractivity contribution in [3.8, 4) is 17.2 Å². The third-order valence-corrected chi connectivity index (χ3v) is 6.74. The Labute approximate surface area is 199 Å². The molecule has 0 radical (unpaired) electrons. The van der Waals surface area contributed by atoms with Crippen molar-refractivity contribution in [1.29, 1.82) is 0 Å². The van der Waals surface area contributed by atoms with E-state index in [1.54, 1.807) is 25.1 Å². The van der Waals surface area contributed by atoms with Crippen molar-refractivity contribution < 1.29 is 39.1 Å². The SMILES string of the molecule is COc1cc2c(oc(=O)c3cc(C)cc(OC)c32)c2c(C3OC(C)C(O)C(O)C3O)ccc(O)c12. The first-order chi connectivity index (χ1) is 16.7. The number of phenols is 1. The van der Waals surface area contributed by atoms with Crippen molar-refractivity contribution in [3.63, 3.8) is 0 Å². The Bertz CT molecular complexity index is 1520. The van der Waals surface area contributed by atoms with Gasteiger partial charge < -0.3 is 39.1 Å². The highest BCUT2D eigenvalue weighted by Crippen LogP contribution is 2.46. The summed E-state index contributed by atoms with van der Waals surface area (Å²) in [5, 5.41) is 44.0. The number of hydrogen-bond donors (Lipinski definition) is 4. The molecule has 3 aromatic carbocycles. The molecule has 2 heterocycles. The smallest absolute Gasteiger partial charge is 0.344 e. The molecule has 184 valence electrons. The fraction of sp³-hybridized carbons (Fsp3) is 0.346. The molecule has 1 aromatic heterocycles. The van der Waals surface area contributed by atoms with Gasteiger partial charge in [0.05, 0.1) is 31.1 Å². The summed E-state index contributed by atoms with van der Waals surface area (Å²) in [4.78, 5) is 13.1. The lowest BCUT2D eigenvalue weighted by Crippen LogP contribution is -2.53. The summed E-state index contributed by atoms with van der Waals surface area (Å²) in [5.41, 5.74) is 0.688. The molecule has 0 aliphatic carbocycles. The summed E-state index contributed by atoms with van der Waals surface area (Å²) < 4.78 is 22.9. The second-order valence-electron chi connectivity index (χ2n) is 8.89. The Kier molecular flexibility index (Phi) is 5.60. The Morgan fingerprint density at radius 2 is 1.54 bits per heavy atom. The van der Waals surface area contributed by atoms with Gasteiger partial charge in [0.25, 0.3) is 0 Å². The number of fused-ring (bicyclic) bond motifs is 5. The van der Waals surface area contributed by atoms with E-state index < -0.39 is 36.1 Å². The summed E-state index contributed by atoms with van der Waals surface area (Å²) in [6.07, 6.45) is -6.14.